The van der Waals surface area contributed by atoms with Crippen LogP contribution >= 0.6 is 15.9 Å². The van der Waals surface area contributed by atoms with Crippen molar-refractivity contribution in [2.45, 2.75) is 57.9 Å². The fourth-order valence-electron chi connectivity index (χ4n) is 2.72. The van der Waals surface area contributed by atoms with Crippen molar-refractivity contribution in [1.29, 1.82) is 0 Å². The van der Waals surface area contributed by atoms with E-state index in [-0.39, 0.29) is 0 Å². The first kappa shape index (κ1) is 14.9. The van der Waals surface area contributed by atoms with Crippen LogP contribution in [-0.2, 0) is 0 Å². The lowest BCUT2D eigenvalue weighted by Crippen LogP contribution is -2.24. The number of furan rings is 1. The Morgan fingerprint density at radius 1 is 1.32 bits per heavy atom. The van der Waals surface area contributed by atoms with Gasteiger partial charge in [-0.1, -0.05) is 31.4 Å². The summed E-state index contributed by atoms with van der Waals surface area (Å²) in [7, 11) is 0. The molecule has 1 aromatic heterocycles. The van der Waals surface area contributed by atoms with E-state index < -0.39 is 0 Å². The van der Waals surface area contributed by atoms with Gasteiger partial charge in [-0.05, 0) is 60.6 Å². The highest BCUT2D eigenvalue weighted by atomic mass is 79.9. The minimum Gasteiger partial charge on any atom is -0.457 e. The molecule has 0 amide bonds. The third-order valence-corrected chi connectivity index (χ3v) is 4.40. The van der Waals surface area contributed by atoms with Crippen LogP contribution < -0.4 is 5.32 Å². The molecule has 1 heterocycles. The van der Waals surface area contributed by atoms with Crippen molar-refractivity contribution in [3.8, 4) is 0 Å². The lowest BCUT2D eigenvalue weighted by molar-refractivity contribution is 0.509. The van der Waals surface area contributed by atoms with Crippen molar-refractivity contribution in [3.05, 3.63) is 34.2 Å². The van der Waals surface area contributed by atoms with Crippen molar-refractivity contribution in [2.75, 3.05) is 6.54 Å². The zero-order chi connectivity index (χ0) is 13.5. The second-order valence-electron chi connectivity index (χ2n) is 5.27. The van der Waals surface area contributed by atoms with Crippen LogP contribution in [0.3, 0.4) is 0 Å². The maximum Gasteiger partial charge on any atom is 0.174 e. The molecule has 3 heteroatoms. The lowest BCUT2D eigenvalue weighted by atomic mass is 9.92. The van der Waals surface area contributed by atoms with Gasteiger partial charge in [-0.15, -0.1) is 0 Å². The van der Waals surface area contributed by atoms with Crippen LogP contribution in [0.5, 0.6) is 0 Å². The molecule has 1 aromatic rings. The highest BCUT2D eigenvalue weighted by molar-refractivity contribution is 9.10. The summed E-state index contributed by atoms with van der Waals surface area (Å²) in [5, 5.41) is 3.67. The Kier molecular flexibility index (Phi) is 6.18. The summed E-state index contributed by atoms with van der Waals surface area (Å²) >= 11 is 3.53. The van der Waals surface area contributed by atoms with E-state index in [4.69, 9.17) is 4.42 Å². The molecule has 0 aliphatic heterocycles. The van der Waals surface area contributed by atoms with Crippen LogP contribution in [0, 0.1) is 0 Å². The summed E-state index contributed by atoms with van der Waals surface area (Å²) in [5.74, 6) is 0. The normalized spacial score (nSPS) is 21.3. The minimum absolute atomic E-state index is 0.311. The fourth-order valence-corrected chi connectivity index (χ4v) is 3.19. The summed E-state index contributed by atoms with van der Waals surface area (Å²) in [6.07, 6.45) is 13.2. The standard InChI is InChI=1S/C16H24BrNO/c1-2-11-18-15(14-10-12-19-16(14)17)13-8-6-4-3-5-7-9-13/h8,10,12,15,18H,2-7,9,11H2,1H3/b13-8+. The molecule has 19 heavy (non-hydrogen) atoms. The Balaban J connectivity index is 2.18. The van der Waals surface area contributed by atoms with Crippen molar-refractivity contribution >= 4 is 15.9 Å². The SMILES string of the molecule is CCCNC(/C1=C/CCCCCC1)c1ccoc1Br. The van der Waals surface area contributed by atoms with Crippen LogP contribution in [0.1, 0.15) is 63.5 Å². The van der Waals surface area contributed by atoms with Crippen molar-refractivity contribution in [2.24, 2.45) is 0 Å². The van der Waals surface area contributed by atoms with E-state index in [0.29, 0.717) is 6.04 Å². The summed E-state index contributed by atoms with van der Waals surface area (Å²) in [6, 6.07) is 2.39. The van der Waals surface area contributed by atoms with E-state index in [0.717, 1.165) is 17.6 Å². The second-order valence-corrected chi connectivity index (χ2v) is 5.99. The molecule has 0 saturated carbocycles. The molecule has 1 N–H and O–H groups in total. The Labute approximate surface area is 124 Å². The first-order valence-corrected chi connectivity index (χ1v) is 8.27. The maximum atomic E-state index is 5.42. The number of rotatable bonds is 5. The molecule has 0 radical (unpaired) electrons. The van der Waals surface area contributed by atoms with Gasteiger partial charge in [0.2, 0.25) is 0 Å². The van der Waals surface area contributed by atoms with E-state index in [1.165, 1.54) is 49.7 Å². The van der Waals surface area contributed by atoms with Crippen molar-refractivity contribution < 1.29 is 4.42 Å². The zero-order valence-corrected chi connectivity index (χ0v) is 13.3. The van der Waals surface area contributed by atoms with Gasteiger partial charge in [-0.25, -0.2) is 0 Å². The van der Waals surface area contributed by atoms with E-state index in [9.17, 15) is 0 Å². The number of allylic oxidation sites excluding steroid dienone is 1. The predicted molar refractivity (Wildman–Crippen MR) is 83.2 cm³/mol. The number of nitrogens with one attached hydrogen (secondary N) is 1. The molecule has 1 aliphatic carbocycles. The summed E-state index contributed by atoms with van der Waals surface area (Å²) in [4.78, 5) is 0. The van der Waals surface area contributed by atoms with Gasteiger partial charge in [0.1, 0.15) is 0 Å². The third kappa shape index (κ3) is 4.22. The molecular formula is C16H24BrNO. The summed E-state index contributed by atoms with van der Waals surface area (Å²) in [6.45, 7) is 3.25. The predicted octanol–water partition coefficient (Wildman–Crippen LogP) is 5.36. The van der Waals surface area contributed by atoms with Gasteiger partial charge in [0.05, 0.1) is 12.3 Å². The van der Waals surface area contributed by atoms with Gasteiger partial charge in [0, 0.05) is 5.56 Å². The average Bonchev–Trinajstić information content (AvgIpc) is 2.78. The van der Waals surface area contributed by atoms with Crippen LogP contribution in [0.25, 0.3) is 0 Å². The molecule has 1 aliphatic rings. The Morgan fingerprint density at radius 3 is 2.89 bits per heavy atom. The summed E-state index contributed by atoms with van der Waals surface area (Å²) in [5.41, 5.74) is 2.77. The number of hydrogen-bond donors (Lipinski definition) is 1. The largest absolute Gasteiger partial charge is 0.457 e. The van der Waals surface area contributed by atoms with Gasteiger partial charge < -0.3 is 9.73 Å². The molecule has 0 bridgehead atoms. The molecule has 0 spiro atoms. The van der Waals surface area contributed by atoms with Crippen LogP contribution in [-0.4, -0.2) is 6.54 Å². The van der Waals surface area contributed by atoms with Crippen molar-refractivity contribution in [3.63, 3.8) is 0 Å². The molecule has 2 nitrogen and oxygen atoms in total. The molecule has 1 atom stereocenters. The van der Waals surface area contributed by atoms with Gasteiger partial charge in [-0.2, -0.15) is 0 Å². The first-order valence-electron chi connectivity index (χ1n) is 7.48. The Bertz CT molecular complexity index is 411. The van der Waals surface area contributed by atoms with Gasteiger partial charge in [0.15, 0.2) is 4.67 Å². The second kappa shape index (κ2) is 7.91. The average molecular weight is 326 g/mol. The van der Waals surface area contributed by atoms with Crippen LogP contribution in [0.4, 0.5) is 0 Å². The van der Waals surface area contributed by atoms with Gasteiger partial charge in [0.25, 0.3) is 0 Å². The number of hydrogen-bond acceptors (Lipinski definition) is 2. The molecular weight excluding hydrogens is 302 g/mol. The fraction of sp³-hybridized carbons (Fsp3) is 0.625. The number of halogens is 1. The third-order valence-electron chi connectivity index (χ3n) is 3.75. The maximum absolute atomic E-state index is 5.42. The first-order chi connectivity index (χ1) is 9.33. The quantitative estimate of drug-likeness (QED) is 0.737. The van der Waals surface area contributed by atoms with Crippen LogP contribution in [0.2, 0.25) is 0 Å². The highest BCUT2D eigenvalue weighted by Gasteiger charge is 2.20. The van der Waals surface area contributed by atoms with E-state index in [1.807, 2.05) is 0 Å². The summed E-state index contributed by atoms with van der Waals surface area (Å²) < 4.78 is 6.29. The highest BCUT2D eigenvalue weighted by Crippen LogP contribution is 2.33. The van der Waals surface area contributed by atoms with Crippen molar-refractivity contribution in [1.82, 2.24) is 5.32 Å². The van der Waals surface area contributed by atoms with Gasteiger partial charge >= 0.3 is 0 Å². The molecule has 2 rings (SSSR count). The molecule has 0 aromatic carbocycles. The van der Waals surface area contributed by atoms with E-state index in [1.54, 1.807) is 6.26 Å². The molecule has 0 saturated heterocycles. The molecule has 0 fully saturated rings. The molecule has 106 valence electrons. The van der Waals surface area contributed by atoms with E-state index >= 15 is 0 Å². The monoisotopic (exact) mass is 325 g/mol. The van der Waals surface area contributed by atoms with Gasteiger partial charge in [-0.3, -0.25) is 0 Å². The minimum atomic E-state index is 0.311. The topological polar surface area (TPSA) is 25.2 Å². The molecule has 1 unspecified atom stereocenters. The van der Waals surface area contributed by atoms with E-state index in [2.05, 4.69) is 40.3 Å². The lowest BCUT2D eigenvalue weighted by Gasteiger charge is -2.23. The smallest absolute Gasteiger partial charge is 0.174 e. The zero-order valence-electron chi connectivity index (χ0n) is 11.8. The Hall–Kier alpha value is -0.540. The van der Waals surface area contributed by atoms with Crippen LogP contribution in [0.15, 0.2) is 33.1 Å². The Morgan fingerprint density at radius 2 is 2.16 bits per heavy atom.